The Morgan fingerprint density at radius 3 is 1.75 bits per heavy atom. The molecule has 0 aromatic rings. The summed E-state index contributed by atoms with van der Waals surface area (Å²) in [4.78, 5) is 35.4. The molecule has 0 aromatic heterocycles. The number of aliphatic hydroxyl groups excluding tert-OH is 1. The Bertz CT molecular complexity index is 1220. The first-order valence-corrected chi connectivity index (χ1v) is 23.3. The summed E-state index contributed by atoms with van der Waals surface area (Å²) in [6, 6.07) is 0. The lowest BCUT2D eigenvalue weighted by Gasteiger charge is -2.24. The highest BCUT2D eigenvalue weighted by atomic mass is 31.2. The van der Waals surface area contributed by atoms with E-state index in [0.29, 0.717) is 30.3 Å². The van der Waals surface area contributed by atoms with E-state index in [1.54, 1.807) is 12.2 Å². The number of hydrogen-bond acceptors (Lipinski definition) is 8. The average molecular weight is 823 g/mol. The van der Waals surface area contributed by atoms with E-state index in [1.807, 2.05) is 33.3 Å². The number of phosphoric ester groups is 1. The lowest BCUT2D eigenvalue weighted by Crippen LogP contribution is -2.37. The van der Waals surface area contributed by atoms with Gasteiger partial charge in [-0.2, -0.15) is 0 Å². The number of ether oxygens (including phenoxy) is 2. The van der Waals surface area contributed by atoms with Gasteiger partial charge in [-0.05, 0) is 77.0 Å². The van der Waals surface area contributed by atoms with Crippen molar-refractivity contribution in [2.75, 3.05) is 47.5 Å². The van der Waals surface area contributed by atoms with Gasteiger partial charge in [0.25, 0.3) is 0 Å². The molecule has 0 rings (SSSR count). The fourth-order valence-corrected chi connectivity index (χ4v) is 6.06. The number of likely N-dealkylation sites (N-methyl/N-ethyl adjacent to an activating group) is 1. The summed E-state index contributed by atoms with van der Waals surface area (Å²) in [5.74, 6) is -1.02. The van der Waals surface area contributed by atoms with Crippen LogP contribution in [0.3, 0.4) is 0 Å². The van der Waals surface area contributed by atoms with Crippen molar-refractivity contribution in [2.45, 2.75) is 161 Å². The molecule has 0 radical (unpaired) electrons. The van der Waals surface area contributed by atoms with Crippen LogP contribution in [0.25, 0.3) is 0 Å². The highest BCUT2D eigenvalue weighted by Crippen LogP contribution is 2.43. The minimum absolute atomic E-state index is 0.00439. The first-order valence-electron chi connectivity index (χ1n) is 21.8. The zero-order valence-electron chi connectivity index (χ0n) is 36.4. The third-order valence-electron chi connectivity index (χ3n) is 8.81. The van der Waals surface area contributed by atoms with E-state index in [9.17, 15) is 24.2 Å². The van der Waals surface area contributed by atoms with Crippen LogP contribution in [0.2, 0.25) is 0 Å². The maximum absolute atomic E-state index is 12.7. The van der Waals surface area contributed by atoms with Gasteiger partial charge in [0.05, 0.1) is 33.9 Å². The largest absolute Gasteiger partial charge is 0.472 e. The highest BCUT2D eigenvalue weighted by molar-refractivity contribution is 7.47. The molecule has 328 valence electrons. The van der Waals surface area contributed by atoms with Crippen molar-refractivity contribution in [3.05, 3.63) is 72.9 Å². The van der Waals surface area contributed by atoms with E-state index in [2.05, 4.69) is 62.5 Å². The second kappa shape index (κ2) is 37.7. The van der Waals surface area contributed by atoms with Crippen LogP contribution in [0, 0.1) is 0 Å². The van der Waals surface area contributed by atoms with E-state index in [0.717, 1.165) is 64.2 Å². The topological polar surface area (TPSA) is 129 Å². The molecule has 0 spiro atoms. The van der Waals surface area contributed by atoms with Crippen molar-refractivity contribution >= 4 is 19.8 Å². The zero-order valence-corrected chi connectivity index (χ0v) is 37.3. The predicted octanol–water partition coefficient (Wildman–Crippen LogP) is 11.2. The van der Waals surface area contributed by atoms with E-state index in [4.69, 9.17) is 18.5 Å². The Morgan fingerprint density at radius 1 is 0.632 bits per heavy atom. The van der Waals surface area contributed by atoms with Crippen molar-refractivity contribution in [3.63, 3.8) is 0 Å². The summed E-state index contributed by atoms with van der Waals surface area (Å²) >= 11 is 0. The van der Waals surface area contributed by atoms with Crippen molar-refractivity contribution in [2.24, 2.45) is 0 Å². The molecule has 0 aliphatic carbocycles. The second-order valence-electron chi connectivity index (χ2n) is 15.6. The Kier molecular flexibility index (Phi) is 36.0. The molecule has 1 unspecified atom stereocenters. The van der Waals surface area contributed by atoms with Gasteiger partial charge in [0, 0.05) is 12.8 Å². The van der Waals surface area contributed by atoms with Gasteiger partial charge < -0.3 is 24.0 Å². The molecule has 10 nitrogen and oxygen atoms in total. The Hall–Kier alpha value is -2.59. The summed E-state index contributed by atoms with van der Waals surface area (Å²) < 4.78 is 34.1. The lowest BCUT2D eigenvalue weighted by molar-refractivity contribution is -0.870. The lowest BCUT2D eigenvalue weighted by atomic mass is 10.1. The van der Waals surface area contributed by atoms with E-state index in [1.165, 1.54) is 38.5 Å². The molecule has 11 heteroatoms. The molecule has 2 N–H and O–H groups in total. The van der Waals surface area contributed by atoms with Crippen LogP contribution in [-0.4, -0.2) is 86.1 Å². The maximum atomic E-state index is 12.7. The fraction of sp³-hybridized carbons (Fsp3) is 0.696. The number of carbonyl (C=O) groups excluding carboxylic acids is 2. The number of rotatable bonds is 38. The predicted molar refractivity (Wildman–Crippen MR) is 235 cm³/mol. The van der Waals surface area contributed by atoms with Crippen LogP contribution >= 0.6 is 7.82 Å². The molecule has 0 bridgehead atoms. The molecule has 3 atom stereocenters. The fourth-order valence-electron chi connectivity index (χ4n) is 5.32. The van der Waals surface area contributed by atoms with Crippen LogP contribution in [-0.2, 0) is 32.7 Å². The van der Waals surface area contributed by atoms with Crippen LogP contribution in [0.15, 0.2) is 72.9 Å². The third kappa shape index (κ3) is 41.4. The van der Waals surface area contributed by atoms with Gasteiger partial charge in [0.1, 0.15) is 19.8 Å². The first-order chi connectivity index (χ1) is 27.4. The van der Waals surface area contributed by atoms with Crippen LogP contribution in [0.1, 0.15) is 149 Å². The zero-order chi connectivity index (χ0) is 42.3. The van der Waals surface area contributed by atoms with Crippen LogP contribution in [0.5, 0.6) is 0 Å². The number of esters is 2. The molecule has 0 fully saturated rings. The average Bonchev–Trinajstić information content (AvgIpc) is 3.15. The van der Waals surface area contributed by atoms with Crippen molar-refractivity contribution in [1.29, 1.82) is 0 Å². The number of carbonyl (C=O) groups is 2. The van der Waals surface area contributed by atoms with Crippen LogP contribution in [0.4, 0.5) is 0 Å². The molecule has 0 saturated heterocycles. The molecular formula is C46H81NO9P+. The van der Waals surface area contributed by atoms with E-state index < -0.39 is 38.6 Å². The summed E-state index contributed by atoms with van der Waals surface area (Å²) in [7, 11) is 1.35. The van der Waals surface area contributed by atoms with Gasteiger partial charge in [-0.25, -0.2) is 4.57 Å². The molecular weight excluding hydrogens is 741 g/mol. The summed E-state index contributed by atoms with van der Waals surface area (Å²) in [5.41, 5.74) is 0. The van der Waals surface area contributed by atoms with Gasteiger partial charge in [0.2, 0.25) is 0 Å². The molecule has 0 saturated carbocycles. The number of quaternary nitrogens is 1. The standard InChI is InChI=1S/C46H80NO9P/c1-6-8-10-12-14-16-18-20-21-23-25-27-29-31-33-37-46(50)56-44(42-55-57(51,52)54-40-39-47(3,4)5)41-53-45(49)38-34-36-43(48)35-32-30-28-26-24-22-19-17-15-13-11-9-7-2/h14-17,20-22,24,28,30,32,35,43-44,48H,6-13,18-19,23,25-27,29,31,33-34,36-42H2,1-5H3/p+1/b16-14-,17-15-,21-20-,24-22-,30-28-,35-32+/t43-,44-/m1/s1. The summed E-state index contributed by atoms with van der Waals surface area (Å²) in [6.45, 7) is 4.10. The second-order valence-corrected chi connectivity index (χ2v) is 17.0. The van der Waals surface area contributed by atoms with Crippen LogP contribution < -0.4 is 0 Å². The molecule has 0 aliphatic heterocycles. The molecule has 0 aliphatic rings. The summed E-state index contributed by atoms with van der Waals surface area (Å²) in [6.07, 6.45) is 42.6. The Balaban J connectivity index is 4.60. The minimum atomic E-state index is -4.43. The number of nitrogens with zero attached hydrogens (tertiary/aromatic N) is 1. The number of allylic oxidation sites excluding steroid dienone is 11. The molecule has 0 aromatic carbocycles. The van der Waals surface area contributed by atoms with Gasteiger partial charge in [-0.3, -0.25) is 18.6 Å². The van der Waals surface area contributed by atoms with Crippen molar-refractivity contribution < 1.29 is 47.2 Å². The number of unbranched alkanes of at least 4 members (excludes halogenated alkanes) is 11. The molecule has 0 amide bonds. The van der Waals surface area contributed by atoms with Gasteiger partial charge >= 0.3 is 19.8 Å². The van der Waals surface area contributed by atoms with Crippen molar-refractivity contribution in [3.8, 4) is 0 Å². The minimum Gasteiger partial charge on any atom is -0.462 e. The maximum Gasteiger partial charge on any atom is 0.472 e. The smallest absolute Gasteiger partial charge is 0.462 e. The Labute approximate surface area is 347 Å². The first kappa shape index (κ1) is 54.4. The normalized spacial score (nSPS) is 14.9. The monoisotopic (exact) mass is 823 g/mol. The third-order valence-corrected chi connectivity index (χ3v) is 9.80. The van der Waals surface area contributed by atoms with E-state index >= 15 is 0 Å². The number of hydrogen-bond donors (Lipinski definition) is 2. The number of phosphoric acid groups is 1. The molecule has 57 heavy (non-hydrogen) atoms. The Morgan fingerprint density at radius 2 is 1.16 bits per heavy atom. The highest BCUT2D eigenvalue weighted by Gasteiger charge is 2.27. The van der Waals surface area contributed by atoms with E-state index in [-0.39, 0.29) is 26.1 Å². The number of aliphatic hydroxyl groups is 1. The van der Waals surface area contributed by atoms with Gasteiger partial charge in [-0.15, -0.1) is 0 Å². The SMILES string of the molecule is CCCCC/C=C\C/C=C\C/C=C\C=C\[C@@H](O)CCCC(=O)OC[C@H](COP(=O)(O)OCC[N+](C)(C)C)OC(=O)CCCCCCC/C=C\C/C=C\CCCCC. The molecule has 0 heterocycles. The van der Waals surface area contributed by atoms with Crippen molar-refractivity contribution in [1.82, 2.24) is 0 Å². The van der Waals surface area contributed by atoms with Gasteiger partial charge in [-0.1, -0.05) is 132 Å². The summed E-state index contributed by atoms with van der Waals surface area (Å²) in [5, 5.41) is 10.3. The quantitative estimate of drug-likeness (QED) is 0.0156. The van der Waals surface area contributed by atoms with Gasteiger partial charge in [0.15, 0.2) is 6.10 Å².